The summed E-state index contributed by atoms with van der Waals surface area (Å²) in [6, 6.07) is 14.7. The van der Waals surface area contributed by atoms with Gasteiger partial charge in [0, 0.05) is 5.56 Å². The fourth-order valence-electron chi connectivity index (χ4n) is 1.71. The van der Waals surface area contributed by atoms with Gasteiger partial charge in [0.1, 0.15) is 11.5 Å². The predicted molar refractivity (Wildman–Crippen MR) is 75.5 cm³/mol. The van der Waals surface area contributed by atoms with E-state index >= 15 is 0 Å². The third kappa shape index (κ3) is 3.74. The van der Waals surface area contributed by atoms with E-state index in [9.17, 15) is 5.11 Å². The van der Waals surface area contributed by atoms with Crippen molar-refractivity contribution in [3.05, 3.63) is 59.7 Å². The van der Waals surface area contributed by atoms with E-state index in [0.717, 1.165) is 16.9 Å². The van der Waals surface area contributed by atoms with Gasteiger partial charge < -0.3 is 15.3 Å². The van der Waals surface area contributed by atoms with Gasteiger partial charge in [0.05, 0.1) is 19.9 Å². The lowest BCUT2D eigenvalue weighted by atomic mass is 10.2. The molecule has 4 heteroatoms. The number of nitrogens with one attached hydrogen (secondary N) is 1. The van der Waals surface area contributed by atoms with E-state index in [1.54, 1.807) is 31.5 Å². The molecule has 19 heavy (non-hydrogen) atoms. The van der Waals surface area contributed by atoms with Crippen LogP contribution < -0.4 is 10.2 Å². The van der Waals surface area contributed by atoms with Crippen molar-refractivity contribution in [1.29, 1.82) is 0 Å². The topological polar surface area (TPSA) is 53.8 Å². The number of hydrogen-bond donors (Lipinski definition) is 2. The standard InChI is InChI=1S/C15H16N2O2/c1-19-15-8-3-2-6-13(15)11-17-16-10-12-5-4-7-14(18)9-12/h2-10,17-18H,11H2,1H3/b16-10+. The molecule has 0 unspecified atom stereocenters. The van der Waals surface area contributed by atoms with E-state index < -0.39 is 0 Å². The zero-order valence-corrected chi connectivity index (χ0v) is 10.7. The zero-order valence-electron chi connectivity index (χ0n) is 10.7. The van der Waals surface area contributed by atoms with Crippen LogP contribution in [0.5, 0.6) is 11.5 Å². The average Bonchev–Trinajstić information content (AvgIpc) is 2.44. The minimum atomic E-state index is 0.230. The summed E-state index contributed by atoms with van der Waals surface area (Å²) in [4.78, 5) is 0. The van der Waals surface area contributed by atoms with Gasteiger partial charge in [-0.1, -0.05) is 30.3 Å². The second kappa shape index (κ2) is 6.44. The van der Waals surface area contributed by atoms with Crippen LogP contribution in [0.4, 0.5) is 0 Å². The van der Waals surface area contributed by atoms with Crippen LogP contribution in [0.15, 0.2) is 53.6 Å². The molecule has 98 valence electrons. The van der Waals surface area contributed by atoms with E-state index in [-0.39, 0.29) is 5.75 Å². The Morgan fingerprint density at radius 3 is 2.84 bits per heavy atom. The molecule has 0 radical (unpaired) electrons. The summed E-state index contributed by atoms with van der Waals surface area (Å²) in [5, 5.41) is 13.4. The molecule has 4 nitrogen and oxygen atoms in total. The van der Waals surface area contributed by atoms with Gasteiger partial charge in [0.25, 0.3) is 0 Å². The van der Waals surface area contributed by atoms with Gasteiger partial charge in [-0.2, -0.15) is 5.10 Å². The fraction of sp³-hybridized carbons (Fsp3) is 0.133. The molecule has 2 aromatic rings. The molecular formula is C15H16N2O2. The summed E-state index contributed by atoms with van der Waals surface area (Å²) in [5.41, 5.74) is 4.83. The molecule has 0 amide bonds. The van der Waals surface area contributed by atoms with Gasteiger partial charge in [-0.15, -0.1) is 0 Å². The molecule has 0 spiro atoms. The van der Waals surface area contributed by atoms with Gasteiger partial charge in [0.2, 0.25) is 0 Å². The quantitative estimate of drug-likeness (QED) is 0.638. The normalized spacial score (nSPS) is 10.6. The Labute approximate surface area is 112 Å². The molecule has 0 aliphatic heterocycles. The van der Waals surface area contributed by atoms with Crippen molar-refractivity contribution in [1.82, 2.24) is 5.43 Å². The number of hydrazone groups is 1. The molecule has 2 aromatic carbocycles. The zero-order chi connectivity index (χ0) is 13.5. The van der Waals surface area contributed by atoms with Gasteiger partial charge in [-0.05, 0) is 23.8 Å². The number of para-hydroxylation sites is 1. The van der Waals surface area contributed by atoms with Crippen LogP contribution in [-0.2, 0) is 6.54 Å². The summed E-state index contributed by atoms with van der Waals surface area (Å²) in [6.07, 6.45) is 1.66. The highest BCUT2D eigenvalue weighted by molar-refractivity contribution is 5.79. The highest BCUT2D eigenvalue weighted by Crippen LogP contribution is 2.16. The highest BCUT2D eigenvalue weighted by atomic mass is 16.5. The lowest BCUT2D eigenvalue weighted by Gasteiger charge is -2.07. The molecular weight excluding hydrogens is 240 g/mol. The Bertz CT molecular complexity index is 568. The number of aromatic hydroxyl groups is 1. The number of rotatable bonds is 5. The molecule has 0 fully saturated rings. The number of phenols is 1. The van der Waals surface area contributed by atoms with Crippen LogP contribution >= 0.6 is 0 Å². The average molecular weight is 256 g/mol. The minimum absolute atomic E-state index is 0.230. The van der Waals surface area contributed by atoms with Gasteiger partial charge in [-0.3, -0.25) is 0 Å². The Kier molecular flexibility index (Phi) is 4.39. The highest BCUT2D eigenvalue weighted by Gasteiger charge is 1.99. The largest absolute Gasteiger partial charge is 0.508 e. The molecule has 0 aromatic heterocycles. The summed E-state index contributed by atoms with van der Waals surface area (Å²) >= 11 is 0. The Balaban J connectivity index is 1.93. The van der Waals surface area contributed by atoms with Crippen LogP contribution in [0.2, 0.25) is 0 Å². The second-order valence-corrected chi connectivity index (χ2v) is 4.00. The molecule has 0 aliphatic rings. The molecule has 0 atom stereocenters. The van der Waals surface area contributed by atoms with E-state index in [4.69, 9.17) is 4.74 Å². The summed E-state index contributed by atoms with van der Waals surface area (Å²) in [5.74, 6) is 1.07. The molecule has 0 saturated heterocycles. The molecule has 0 aliphatic carbocycles. The first-order valence-corrected chi connectivity index (χ1v) is 5.96. The van der Waals surface area contributed by atoms with Crippen LogP contribution in [0, 0.1) is 0 Å². The van der Waals surface area contributed by atoms with Crippen molar-refractivity contribution in [2.75, 3.05) is 7.11 Å². The van der Waals surface area contributed by atoms with E-state index in [1.807, 2.05) is 30.3 Å². The van der Waals surface area contributed by atoms with Crippen LogP contribution in [-0.4, -0.2) is 18.4 Å². The molecule has 0 saturated carbocycles. The van der Waals surface area contributed by atoms with Gasteiger partial charge in [-0.25, -0.2) is 0 Å². The minimum Gasteiger partial charge on any atom is -0.508 e. The van der Waals surface area contributed by atoms with Crippen molar-refractivity contribution in [2.24, 2.45) is 5.10 Å². The first-order chi connectivity index (χ1) is 9.29. The lowest BCUT2D eigenvalue weighted by molar-refractivity contribution is 0.408. The fourth-order valence-corrected chi connectivity index (χ4v) is 1.71. The number of benzene rings is 2. The molecule has 2 N–H and O–H groups in total. The molecule has 0 heterocycles. The van der Waals surface area contributed by atoms with Crippen molar-refractivity contribution in [3.8, 4) is 11.5 Å². The Morgan fingerprint density at radius 2 is 2.05 bits per heavy atom. The lowest BCUT2D eigenvalue weighted by Crippen LogP contribution is -2.06. The summed E-state index contributed by atoms with van der Waals surface area (Å²) in [7, 11) is 1.65. The predicted octanol–water partition coefficient (Wildman–Crippen LogP) is 2.52. The number of nitrogens with zero attached hydrogens (tertiary/aromatic N) is 1. The molecule has 0 bridgehead atoms. The number of ether oxygens (including phenoxy) is 1. The maximum Gasteiger partial charge on any atom is 0.123 e. The van der Waals surface area contributed by atoms with E-state index in [0.29, 0.717) is 6.54 Å². The summed E-state index contributed by atoms with van der Waals surface area (Å²) in [6.45, 7) is 0.583. The number of phenolic OH excluding ortho intramolecular Hbond substituents is 1. The van der Waals surface area contributed by atoms with Crippen molar-refractivity contribution in [3.63, 3.8) is 0 Å². The van der Waals surface area contributed by atoms with E-state index in [2.05, 4.69) is 10.5 Å². The molecule has 2 rings (SSSR count). The van der Waals surface area contributed by atoms with Crippen molar-refractivity contribution < 1.29 is 9.84 Å². The SMILES string of the molecule is COc1ccccc1CN/N=C/c1cccc(O)c1. The number of methoxy groups -OCH3 is 1. The third-order valence-corrected chi connectivity index (χ3v) is 2.64. The van der Waals surface area contributed by atoms with Crippen molar-refractivity contribution >= 4 is 6.21 Å². The van der Waals surface area contributed by atoms with Gasteiger partial charge >= 0.3 is 0 Å². The Hall–Kier alpha value is -2.49. The maximum atomic E-state index is 9.32. The smallest absolute Gasteiger partial charge is 0.123 e. The second-order valence-electron chi connectivity index (χ2n) is 4.00. The maximum absolute atomic E-state index is 9.32. The number of hydrogen-bond acceptors (Lipinski definition) is 4. The first-order valence-electron chi connectivity index (χ1n) is 5.96. The summed E-state index contributed by atoms with van der Waals surface area (Å²) < 4.78 is 5.25. The van der Waals surface area contributed by atoms with Crippen LogP contribution in [0.25, 0.3) is 0 Å². The van der Waals surface area contributed by atoms with Gasteiger partial charge in [0.15, 0.2) is 0 Å². The van der Waals surface area contributed by atoms with Crippen LogP contribution in [0.1, 0.15) is 11.1 Å². The van der Waals surface area contributed by atoms with Crippen molar-refractivity contribution in [2.45, 2.75) is 6.54 Å². The van der Waals surface area contributed by atoms with E-state index in [1.165, 1.54) is 0 Å². The first kappa shape index (κ1) is 13.0. The Morgan fingerprint density at radius 1 is 1.21 bits per heavy atom. The third-order valence-electron chi connectivity index (χ3n) is 2.64. The monoisotopic (exact) mass is 256 g/mol. The van der Waals surface area contributed by atoms with Crippen LogP contribution in [0.3, 0.4) is 0 Å².